The third kappa shape index (κ3) is 2.96. The van der Waals surface area contributed by atoms with Crippen molar-refractivity contribution in [3.63, 3.8) is 0 Å². The molecular weight excluding hydrogens is 288 g/mol. The summed E-state index contributed by atoms with van der Waals surface area (Å²) in [6, 6.07) is 10.4. The van der Waals surface area contributed by atoms with E-state index < -0.39 is 0 Å². The van der Waals surface area contributed by atoms with Crippen LogP contribution in [0.5, 0.6) is 0 Å². The fourth-order valence-corrected chi connectivity index (χ4v) is 3.32. The minimum atomic E-state index is -0.0564. The number of hydrogen-bond acceptors (Lipinski definition) is 2. The van der Waals surface area contributed by atoms with E-state index in [0.717, 1.165) is 30.8 Å². The predicted molar refractivity (Wildman–Crippen MR) is 91.2 cm³/mol. The molecule has 1 N–H and O–H groups in total. The number of hydrogen-bond donors (Lipinski definition) is 1. The lowest BCUT2D eigenvalue weighted by molar-refractivity contribution is 0.192. The van der Waals surface area contributed by atoms with Gasteiger partial charge in [0.15, 0.2) is 0 Å². The second kappa shape index (κ2) is 6.44. The van der Waals surface area contributed by atoms with E-state index in [1.54, 1.807) is 4.68 Å². The van der Waals surface area contributed by atoms with Gasteiger partial charge in [0.25, 0.3) is 0 Å². The highest BCUT2D eigenvalue weighted by Gasteiger charge is 2.32. The van der Waals surface area contributed by atoms with Crippen LogP contribution in [0.15, 0.2) is 30.3 Å². The lowest BCUT2D eigenvalue weighted by atomic mass is 10.0. The molecule has 0 aliphatic carbocycles. The summed E-state index contributed by atoms with van der Waals surface area (Å²) in [6.45, 7) is 4.91. The number of carbonyl (C=O) groups is 1. The first-order valence-corrected chi connectivity index (χ1v) is 8.32. The number of carbonyl (C=O) groups excluding carboxylic acids is 1. The molecule has 0 saturated heterocycles. The third-order valence-electron chi connectivity index (χ3n) is 4.45. The van der Waals surface area contributed by atoms with Crippen LogP contribution >= 0.6 is 0 Å². The molecule has 23 heavy (non-hydrogen) atoms. The zero-order chi connectivity index (χ0) is 16.4. The topological polar surface area (TPSA) is 50.2 Å². The van der Waals surface area contributed by atoms with Gasteiger partial charge in [-0.2, -0.15) is 5.10 Å². The predicted octanol–water partition coefficient (Wildman–Crippen LogP) is 3.87. The Morgan fingerprint density at radius 1 is 1.35 bits per heavy atom. The van der Waals surface area contributed by atoms with E-state index in [9.17, 15) is 4.79 Å². The molecule has 1 aromatic carbocycles. The monoisotopic (exact) mass is 312 g/mol. The summed E-state index contributed by atoms with van der Waals surface area (Å²) in [6.07, 6.45) is 2.89. The molecule has 122 valence electrons. The van der Waals surface area contributed by atoms with Crippen molar-refractivity contribution in [1.82, 2.24) is 14.7 Å². The summed E-state index contributed by atoms with van der Waals surface area (Å²) >= 11 is 0. The van der Waals surface area contributed by atoms with Crippen LogP contribution in [0.2, 0.25) is 0 Å². The molecule has 3 rings (SSSR count). The molecule has 0 saturated carbocycles. The first-order chi connectivity index (χ1) is 11.1. The number of nitrogens with zero attached hydrogens (tertiary/aromatic N) is 3. The van der Waals surface area contributed by atoms with Gasteiger partial charge in [0, 0.05) is 19.7 Å². The number of fused-ring (bicyclic) bond motifs is 1. The highest BCUT2D eigenvalue weighted by atomic mass is 16.2. The summed E-state index contributed by atoms with van der Waals surface area (Å²) in [5.41, 5.74) is 3.52. The second-order valence-corrected chi connectivity index (χ2v) is 6.08. The van der Waals surface area contributed by atoms with Crippen molar-refractivity contribution in [2.45, 2.75) is 45.7 Å². The number of benzene rings is 1. The van der Waals surface area contributed by atoms with E-state index in [2.05, 4.69) is 36.4 Å². The fourth-order valence-electron chi connectivity index (χ4n) is 3.32. The maximum atomic E-state index is 12.7. The number of amides is 2. The van der Waals surface area contributed by atoms with Crippen LogP contribution in [0.1, 0.15) is 49.6 Å². The Hall–Kier alpha value is -2.30. The van der Waals surface area contributed by atoms with E-state index in [-0.39, 0.29) is 12.1 Å². The van der Waals surface area contributed by atoms with Crippen LogP contribution in [0.3, 0.4) is 0 Å². The van der Waals surface area contributed by atoms with Gasteiger partial charge in [-0.3, -0.25) is 10.00 Å². The lowest BCUT2D eigenvalue weighted by Crippen LogP contribution is -2.34. The van der Waals surface area contributed by atoms with Crippen molar-refractivity contribution in [3.05, 3.63) is 47.2 Å². The Labute approximate surface area is 137 Å². The van der Waals surface area contributed by atoms with Gasteiger partial charge in [0.2, 0.25) is 0 Å². The molecule has 2 aromatic rings. The van der Waals surface area contributed by atoms with Gasteiger partial charge in [-0.15, -0.1) is 0 Å². The first-order valence-electron chi connectivity index (χ1n) is 8.32. The third-order valence-corrected chi connectivity index (χ3v) is 4.45. The maximum Gasteiger partial charge on any atom is 0.323 e. The van der Waals surface area contributed by atoms with Gasteiger partial charge < -0.3 is 4.90 Å². The Bertz CT molecular complexity index is 707. The van der Waals surface area contributed by atoms with Gasteiger partial charge in [-0.05, 0) is 24.0 Å². The maximum absolute atomic E-state index is 12.7. The Kier molecular flexibility index (Phi) is 4.37. The van der Waals surface area contributed by atoms with Crippen molar-refractivity contribution >= 4 is 11.8 Å². The van der Waals surface area contributed by atoms with Gasteiger partial charge in [-0.1, -0.05) is 44.5 Å². The van der Waals surface area contributed by atoms with E-state index in [0.29, 0.717) is 6.54 Å². The van der Waals surface area contributed by atoms with Gasteiger partial charge in [0.1, 0.15) is 5.82 Å². The smallest absolute Gasteiger partial charge is 0.313 e. The molecule has 1 aromatic heterocycles. The summed E-state index contributed by atoms with van der Waals surface area (Å²) in [4.78, 5) is 14.7. The van der Waals surface area contributed by atoms with Crippen molar-refractivity contribution < 1.29 is 4.79 Å². The SMILES string of the molecule is CCCc1cc(NC(=O)N2Cc3ccccc3C2CC)n(C)n1. The Morgan fingerprint density at radius 3 is 2.87 bits per heavy atom. The number of nitrogens with one attached hydrogen (secondary N) is 1. The van der Waals surface area contributed by atoms with E-state index >= 15 is 0 Å². The Morgan fingerprint density at radius 2 is 2.13 bits per heavy atom. The van der Waals surface area contributed by atoms with Crippen LogP contribution in [0.4, 0.5) is 10.6 Å². The van der Waals surface area contributed by atoms with E-state index in [1.165, 1.54) is 11.1 Å². The largest absolute Gasteiger partial charge is 0.323 e. The highest BCUT2D eigenvalue weighted by molar-refractivity contribution is 5.89. The zero-order valence-electron chi connectivity index (χ0n) is 14.0. The number of aryl methyl sites for hydroxylation is 2. The van der Waals surface area contributed by atoms with Crippen LogP contribution in [-0.2, 0) is 20.0 Å². The average molecular weight is 312 g/mol. The summed E-state index contributed by atoms with van der Waals surface area (Å²) in [5.74, 6) is 0.754. The summed E-state index contributed by atoms with van der Waals surface area (Å²) in [5, 5.41) is 7.46. The van der Waals surface area contributed by atoms with Crippen LogP contribution < -0.4 is 5.32 Å². The molecule has 1 unspecified atom stereocenters. The van der Waals surface area contributed by atoms with Crippen molar-refractivity contribution in [2.24, 2.45) is 7.05 Å². The molecule has 5 nitrogen and oxygen atoms in total. The zero-order valence-corrected chi connectivity index (χ0v) is 14.0. The standard InChI is InChI=1S/C18H24N4O/c1-4-8-14-11-17(21(3)20-14)19-18(23)22-12-13-9-6-7-10-15(13)16(22)5-2/h6-7,9-11,16H,4-5,8,12H2,1-3H3,(H,19,23). The number of urea groups is 1. The molecule has 0 spiro atoms. The molecule has 1 aliphatic heterocycles. The molecule has 2 amide bonds. The Balaban J connectivity index is 1.76. The van der Waals surface area contributed by atoms with E-state index in [4.69, 9.17) is 0 Å². The second-order valence-electron chi connectivity index (χ2n) is 6.08. The molecule has 0 bridgehead atoms. The summed E-state index contributed by atoms with van der Waals surface area (Å²) < 4.78 is 1.74. The minimum Gasteiger partial charge on any atom is -0.313 e. The van der Waals surface area contributed by atoms with Crippen LogP contribution in [-0.4, -0.2) is 20.7 Å². The van der Waals surface area contributed by atoms with Crippen molar-refractivity contribution in [2.75, 3.05) is 5.32 Å². The fraction of sp³-hybridized carbons (Fsp3) is 0.444. The average Bonchev–Trinajstić information content (AvgIpc) is 3.08. The minimum absolute atomic E-state index is 0.0564. The number of rotatable bonds is 4. The normalized spacial score (nSPS) is 16.5. The summed E-state index contributed by atoms with van der Waals surface area (Å²) in [7, 11) is 1.87. The van der Waals surface area contributed by atoms with Gasteiger partial charge in [0.05, 0.1) is 11.7 Å². The molecule has 1 aliphatic rings. The van der Waals surface area contributed by atoms with Gasteiger partial charge >= 0.3 is 6.03 Å². The quantitative estimate of drug-likeness (QED) is 0.931. The molecule has 0 radical (unpaired) electrons. The molecule has 2 heterocycles. The van der Waals surface area contributed by atoms with Gasteiger partial charge in [-0.25, -0.2) is 4.79 Å². The molecule has 0 fully saturated rings. The molecular formula is C18H24N4O. The van der Waals surface area contributed by atoms with Crippen molar-refractivity contribution in [3.8, 4) is 0 Å². The lowest BCUT2D eigenvalue weighted by Gasteiger charge is -2.24. The highest BCUT2D eigenvalue weighted by Crippen LogP contribution is 2.35. The molecule has 5 heteroatoms. The van der Waals surface area contributed by atoms with Crippen molar-refractivity contribution in [1.29, 1.82) is 0 Å². The number of aromatic nitrogens is 2. The first kappa shape index (κ1) is 15.6. The van der Waals surface area contributed by atoms with E-state index in [1.807, 2.05) is 30.1 Å². The van der Waals surface area contributed by atoms with Crippen LogP contribution in [0.25, 0.3) is 0 Å². The molecule has 1 atom stereocenters. The van der Waals surface area contributed by atoms with Crippen LogP contribution in [0, 0.1) is 0 Å². The number of anilines is 1.